The number of phosphoric acid groups is 1. The summed E-state index contributed by atoms with van der Waals surface area (Å²) in [6.45, 7) is 6.62. The van der Waals surface area contributed by atoms with Gasteiger partial charge in [-0.3, -0.25) is 14.2 Å². The Kier molecular flexibility index (Phi) is 57.4. The van der Waals surface area contributed by atoms with Gasteiger partial charge in [0.1, 0.15) is 19.3 Å². The number of phosphoric ester groups is 1. The first-order valence-corrected chi connectivity index (χ1v) is 34.5. The van der Waals surface area contributed by atoms with Gasteiger partial charge in [-0.25, -0.2) is 0 Å². The molecule has 0 aliphatic rings. The van der Waals surface area contributed by atoms with Gasteiger partial charge in [-0.1, -0.05) is 283 Å². The van der Waals surface area contributed by atoms with Crippen LogP contribution in [0, 0.1) is 0 Å². The highest BCUT2D eigenvalue weighted by Gasteiger charge is 2.27. The molecule has 0 aromatic rings. The average molecular weight is 1160 g/mol. The number of quaternary nitrogens is 1. The van der Waals surface area contributed by atoms with E-state index in [-0.39, 0.29) is 31.3 Å². The van der Waals surface area contributed by atoms with Crippen LogP contribution < -0.4 is 10.2 Å². The Morgan fingerprint density at radius 3 is 1.32 bits per heavy atom. The fraction of sp³-hybridized carbons (Fsp3) is 0.667. The molecule has 0 aromatic carbocycles. The summed E-state index contributed by atoms with van der Waals surface area (Å²) in [6, 6.07) is -0.923. The zero-order valence-corrected chi connectivity index (χ0v) is 54.3. The summed E-state index contributed by atoms with van der Waals surface area (Å²) in [4.78, 5) is 40.1. The van der Waals surface area contributed by atoms with Crippen LogP contribution in [0.1, 0.15) is 258 Å². The molecule has 3 atom stereocenters. The number of rotatable bonds is 58. The van der Waals surface area contributed by atoms with Crippen LogP contribution >= 0.6 is 7.82 Å². The number of unbranched alkanes of at least 4 members (excludes halogenated alkanes) is 27. The van der Waals surface area contributed by atoms with Gasteiger partial charge in [0.25, 0.3) is 7.82 Å². The molecule has 468 valence electrons. The van der Waals surface area contributed by atoms with Crippen LogP contribution in [0.25, 0.3) is 0 Å². The van der Waals surface area contributed by atoms with E-state index in [2.05, 4.69) is 86.8 Å². The van der Waals surface area contributed by atoms with E-state index < -0.39 is 26.6 Å². The predicted molar refractivity (Wildman–Crippen MR) is 353 cm³/mol. The van der Waals surface area contributed by atoms with Gasteiger partial charge < -0.3 is 28.5 Å². The van der Waals surface area contributed by atoms with E-state index in [1.54, 1.807) is 0 Å². The van der Waals surface area contributed by atoms with E-state index in [0.29, 0.717) is 23.9 Å². The largest absolute Gasteiger partial charge is 0.756 e. The normalized spacial score (nSPS) is 14.5. The molecule has 0 saturated heterocycles. The standard InChI is InChI=1S/C72H123N2O7P/c1-7-10-13-16-19-22-25-28-30-32-33-34-35-36-37-38-39-40-41-43-45-47-50-53-56-59-62-65-72(76)81-70(63-60-57-54-51-48-27-24-21-18-15-12-9-3)69(68-80-82(77,78)79-67-66-74(4,5)6)73-71(75)64-61-58-55-52-49-46-44-42-31-29-26-23-20-17-14-11-8-2/h11,14,17,19-20,22-23,26,28-31,33-34,36-37,42,44,46,49,60,63,69-70H,7-10,12-13,15-16,18,21,24-25,27,32,35,38-41,43,45,47-48,50-59,61-62,64-68H2,1-6H3,(H-,73,75,77,78)/b14-11-,20-17+,22-19-,26-23+,30-28-,31-29-,34-33-,37-36-,44-42+,49-46+,63-60-. The van der Waals surface area contributed by atoms with Crippen molar-refractivity contribution >= 4 is 19.7 Å². The molecule has 10 heteroatoms. The van der Waals surface area contributed by atoms with Crippen molar-refractivity contribution in [3.8, 4) is 0 Å². The van der Waals surface area contributed by atoms with Crippen LogP contribution in [0.2, 0.25) is 0 Å². The summed E-state index contributed by atoms with van der Waals surface area (Å²) < 4.78 is 30.3. The van der Waals surface area contributed by atoms with Gasteiger partial charge in [-0.05, 0) is 96.0 Å². The molecule has 9 nitrogen and oxygen atoms in total. The molecule has 0 bridgehead atoms. The monoisotopic (exact) mass is 1160 g/mol. The lowest BCUT2D eigenvalue weighted by molar-refractivity contribution is -0.870. The molecule has 0 aliphatic heterocycles. The summed E-state index contributed by atoms with van der Waals surface area (Å²) in [5, 5.41) is 3.00. The summed E-state index contributed by atoms with van der Waals surface area (Å²) >= 11 is 0. The smallest absolute Gasteiger partial charge is 0.306 e. The molecule has 0 aromatic heterocycles. The van der Waals surface area contributed by atoms with Crippen LogP contribution in [-0.2, 0) is 27.9 Å². The first-order chi connectivity index (χ1) is 39.9. The van der Waals surface area contributed by atoms with Gasteiger partial charge in [0, 0.05) is 12.8 Å². The fourth-order valence-corrected chi connectivity index (χ4v) is 9.61. The highest BCUT2D eigenvalue weighted by Crippen LogP contribution is 2.38. The molecule has 0 spiro atoms. The highest BCUT2D eigenvalue weighted by molar-refractivity contribution is 7.45. The second-order valence-corrected chi connectivity index (χ2v) is 24.4. The summed E-state index contributed by atoms with van der Waals surface area (Å²) in [5.41, 5.74) is 0. The van der Waals surface area contributed by atoms with Crippen molar-refractivity contribution in [2.75, 3.05) is 40.9 Å². The van der Waals surface area contributed by atoms with Crippen LogP contribution in [0.4, 0.5) is 0 Å². The second kappa shape index (κ2) is 60.3. The number of carbonyl (C=O) groups excluding carboxylic acids is 2. The van der Waals surface area contributed by atoms with E-state index >= 15 is 0 Å². The SMILES string of the molecule is CC\C=C/C=C/C=C/C=C\C=C\C=C\CCCCCC(=O)NC(COP(=O)([O-])OCC[N+](C)(C)C)C(/C=C\CCCCCCCCCCCC)OC(=O)CCCCCCCCCCCCC/C=C\C/C=C\C/C=C\C/C=C\CCCCC. The van der Waals surface area contributed by atoms with Crippen molar-refractivity contribution in [3.05, 3.63) is 134 Å². The fourth-order valence-electron chi connectivity index (χ4n) is 8.89. The van der Waals surface area contributed by atoms with E-state index in [1.807, 2.05) is 94.1 Å². The number of hydrogen-bond acceptors (Lipinski definition) is 7. The Labute approximate surface area is 505 Å². The molecule has 3 unspecified atom stereocenters. The van der Waals surface area contributed by atoms with Crippen molar-refractivity contribution in [2.45, 2.75) is 270 Å². The minimum Gasteiger partial charge on any atom is -0.756 e. The molecule has 1 N–H and O–H groups in total. The van der Waals surface area contributed by atoms with E-state index in [4.69, 9.17) is 13.8 Å². The maximum Gasteiger partial charge on any atom is 0.306 e. The van der Waals surface area contributed by atoms with Crippen molar-refractivity contribution in [2.24, 2.45) is 0 Å². The van der Waals surface area contributed by atoms with Crippen molar-refractivity contribution < 1.29 is 37.3 Å². The van der Waals surface area contributed by atoms with Gasteiger partial charge >= 0.3 is 5.97 Å². The molecular formula is C72H123N2O7P. The zero-order valence-electron chi connectivity index (χ0n) is 53.4. The molecule has 0 rings (SSSR count). The second-order valence-electron chi connectivity index (χ2n) is 23.0. The molecule has 0 heterocycles. The van der Waals surface area contributed by atoms with Crippen molar-refractivity contribution in [1.29, 1.82) is 0 Å². The third-order valence-corrected chi connectivity index (χ3v) is 14.9. The quantitative estimate of drug-likeness (QED) is 0.0161. The Bertz CT molecular complexity index is 1860. The number of ether oxygens (including phenoxy) is 1. The van der Waals surface area contributed by atoms with E-state index in [0.717, 1.165) is 83.5 Å². The lowest BCUT2D eigenvalue weighted by Gasteiger charge is -2.30. The molecule has 0 radical (unpaired) electrons. The van der Waals surface area contributed by atoms with Gasteiger partial charge in [0.05, 0.1) is 33.8 Å². The average Bonchev–Trinajstić information content (AvgIpc) is 3.44. The maximum atomic E-state index is 13.5. The van der Waals surface area contributed by atoms with Crippen LogP contribution in [0.5, 0.6) is 0 Å². The van der Waals surface area contributed by atoms with E-state index in [1.165, 1.54) is 128 Å². The number of carbonyl (C=O) groups is 2. The number of esters is 1. The molecule has 0 saturated carbocycles. The predicted octanol–water partition coefficient (Wildman–Crippen LogP) is 20.2. The number of likely N-dealkylation sites (N-methyl/N-ethyl adjacent to an activating group) is 1. The lowest BCUT2D eigenvalue weighted by atomic mass is 10.0. The number of allylic oxidation sites excluding steroid dienone is 21. The Hall–Kier alpha value is -3.85. The number of amides is 1. The molecule has 0 fully saturated rings. The Morgan fingerprint density at radius 2 is 0.829 bits per heavy atom. The highest BCUT2D eigenvalue weighted by atomic mass is 31.2. The number of nitrogens with one attached hydrogen (secondary N) is 1. The zero-order chi connectivity index (χ0) is 60.0. The first-order valence-electron chi connectivity index (χ1n) is 33.1. The van der Waals surface area contributed by atoms with Crippen LogP contribution in [-0.4, -0.2) is 69.4 Å². The van der Waals surface area contributed by atoms with Gasteiger partial charge in [0.15, 0.2) is 0 Å². The minimum atomic E-state index is -4.72. The molecule has 1 amide bonds. The van der Waals surface area contributed by atoms with Crippen LogP contribution in [0.15, 0.2) is 134 Å². The topological polar surface area (TPSA) is 114 Å². The molecular weight excluding hydrogens is 1040 g/mol. The summed E-state index contributed by atoms with van der Waals surface area (Å²) in [5.74, 6) is -0.603. The third-order valence-electron chi connectivity index (χ3n) is 14.0. The van der Waals surface area contributed by atoms with Crippen LogP contribution in [0.3, 0.4) is 0 Å². The van der Waals surface area contributed by atoms with Gasteiger partial charge in [-0.15, -0.1) is 0 Å². The minimum absolute atomic E-state index is 0.0392. The van der Waals surface area contributed by atoms with Gasteiger partial charge in [0.2, 0.25) is 5.91 Å². The Balaban J connectivity index is 5.18. The molecule has 0 aliphatic carbocycles. The van der Waals surface area contributed by atoms with Crippen molar-refractivity contribution in [3.63, 3.8) is 0 Å². The van der Waals surface area contributed by atoms with E-state index in [9.17, 15) is 19.0 Å². The summed E-state index contributed by atoms with van der Waals surface area (Å²) in [7, 11) is 1.13. The molecule has 82 heavy (non-hydrogen) atoms. The van der Waals surface area contributed by atoms with Gasteiger partial charge in [-0.2, -0.15) is 0 Å². The Morgan fingerprint density at radius 1 is 0.451 bits per heavy atom. The lowest BCUT2D eigenvalue weighted by Crippen LogP contribution is -2.47. The number of nitrogens with zero attached hydrogens (tertiary/aromatic N) is 1. The third kappa shape index (κ3) is 60.7. The van der Waals surface area contributed by atoms with Crippen molar-refractivity contribution in [1.82, 2.24) is 5.32 Å². The number of hydrogen-bond donors (Lipinski definition) is 1. The first kappa shape index (κ1) is 78.1. The maximum absolute atomic E-state index is 13.5. The summed E-state index contributed by atoms with van der Waals surface area (Å²) in [6.07, 6.45) is 85.7.